The summed E-state index contributed by atoms with van der Waals surface area (Å²) in [4.78, 5) is 0. The van der Waals surface area contributed by atoms with Crippen molar-refractivity contribution in [3.63, 3.8) is 0 Å². The lowest BCUT2D eigenvalue weighted by atomic mass is 9.71. The first-order chi connectivity index (χ1) is 10.1. The lowest BCUT2D eigenvalue weighted by Gasteiger charge is -2.38. The maximum absolute atomic E-state index is 3.83. The highest BCUT2D eigenvalue weighted by Crippen LogP contribution is 2.42. The minimum atomic E-state index is 0.296. The van der Waals surface area contributed by atoms with Crippen LogP contribution < -0.4 is 5.32 Å². The molecular weight excluding hydrogens is 254 g/mol. The fourth-order valence-electron chi connectivity index (χ4n) is 3.53. The molecule has 3 rings (SSSR count). The Morgan fingerprint density at radius 2 is 1.67 bits per heavy atom. The Labute approximate surface area is 128 Å². The van der Waals surface area contributed by atoms with Crippen molar-refractivity contribution in [2.75, 3.05) is 0 Å². The van der Waals surface area contributed by atoms with Crippen LogP contribution in [0, 0.1) is 0 Å². The number of benzene rings is 2. The monoisotopic (exact) mass is 279 g/mol. The van der Waals surface area contributed by atoms with Crippen LogP contribution in [0.3, 0.4) is 0 Å². The molecule has 0 radical (unpaired) electrons. The van der Waals surface area contributed by atoms with Crippen LogP contribution in [-0.4, -0.2) is 0 Å². The second-order valence-corrected chi connectivity index (χ2v) is 6.86. The largest absolute Gasteiger partial charge is 0.303 e. The van der Waals surface area contributed by atoms with E-state index in [-0.39, 0.29) is 0 Å². The van der Waals surface area contributed by atoms with Crippen molar-refractivity contribution in [1.82, 2.24) is 5.32 Å². The fraction of sp³-hybridized carbons (Fsp3) is 0.400. The first-order valence-corrected chi connectivity index (χ1v) is 7.98. The summed E-state index contributed by atoms with van der Waals surface area (Å²) in [6.07, 6.45) is 2.45. The summed E-state index contributed by atoms with van der Waals surface area (Å²) in [6.45, 7) is 6.99. The molecule has 0 saturated carbocycles. The Kier molecular flexibility index (Phi) is 3.86. The molecule has 1 heteroatoms. The molecule has 1 aliphatic rings. The Bertz CT molecular complexity index is 600. The van der Waals surface area contributed by atoms with Gasteiger partial charge >= 0.3 is 0 Å². The highest BCUT2D eigenvalue weighted by atomic mass is 14.9. The molecule has 2 aromatic carbocycles. The summed E-state index contributed by atoms with van der Waals surface area (Å²) >= 11 is 0. The van der Waals surface area contributed by atoms with Crippen molar-refractivity contribution in [2.24, 2.45) is 0 Å². The molecule has 0 bridgehead atoms. The van der Waals surface area contributed by atoms with Crippen LogP contribution in [0.4, 0.5) is 0 Å². The standard InChI is InChI=1S/C20H25N/c1-15(16-9-5-4-6-10-16)21-19-13-14-20(2,3)18-12-8-7-11-17(18)19/h4-12,15,19,21H,13-14H2,1-3H3/t15-,19?/m1/s1. The van der Waals surface area contributed by atoms with E-state index in [1.54, 1.807) is 0 Å². The highest BCUT2D eigenvalue weighted by molar-refractivity contribution is 5.38. The van der Waals surface area contributed by atoms with E-state index < -0.39 is 0 Å². The van der Waals surface area contributed by atoms with Crippen LogP contribution in [-0.2, 0) is 5.41 Å². The Balaban J connectivity index is 1.84. The number of fused-ring (bicyclic) bond motifs is 1. The van der Waals surface area contributed by atoms with Gasteiger partial charge in [0, 0.05) is 12.1 Å². The van der Waals surface area contributed by atoms with Crippen LogP contribution in [0.1, 0.15) is 62.4 Å². The molecule has 0 aromatic heterocycles. The van der Waals surface area contributed by atoms with Gasteiger partial charge in [0.2, 0.25) is 0 Å². The van der Waals surface area contributed by atoms with Crippen molar-refractivity contribution in [2.45, 2.75) is 51.1 Å². The third-order valence-electron chi connectivity index (χ3n) is 4.87. The van der Waals surface area contributed by atoms with Crippen molar-refractivity contribution in [3.05, 3.63) is 71.3 Å². The molecule has 0 heterocycles. The van der Waals surface area contributed by atoms with E-state index in [0.717, 1.165) is 0 Å². The van der Waals surface area contributed by atoms with E-state index in [1.165, 1.54) is 29.5 Å². The van der Waals surface area contributed by atoms with E-state index >= 15 is 0 Å². The average molecular weight is 279 g/mol. The zero-order chi connectivity index (χ0) is 14.9. The van der Waals surface area contributed by atoms with E-state index in [4.69, 9.17) is 0 Å². The minimum Gasteiger partial charge on any atom is -0.303 e. The molecule has 2 atom stereocenters. The number of rotatable bonds is 3. The van der Waals surface area contributed by atoms with Crippen molar-refractivity contribution >= 4 is 0 Å². The van der Waals surface area contributed by atoms with Gasteiger partial charge in [0.05, 0.1) is 0 Å². The summed E-state index contributed by atoms with van der Waals surface area (Å²) in [7, 11) is 0. The molecule has 0 amide bonds. The third-order valence-corrected chi connectivity index (χ3v) is 4.87. The number of hydrogen-bond donors (Lipinski definition) is 1. The van der Waals surface area contributed by atoms with Gasteiger partial charge in [0.25, 0.3) is 0 Å². The molecule has 0 saturated heterocycles. The Morgan fingerprint density at radius 3 is 2.43 bits per heavy atom. The predicted octanol–water partition coefficient (Wildman–Crippen LogP) is 5.15. The van der Waals surface area contributed by atoms with Crippen molar-refractivity contribution in [1.29, 1.82) is 0 Å². The number of hydrogen-bond acceptors (Lipinski definition) is 1. The molecule has 2 aromatic rings. The molecule has 0 aliphatic heterocycles. The van der Waals surface area contributed by atoms with Gasteiger partial charge < -0.3 is 5.32 Å². The normalized spacial score (nSPS) is 21.6. The van der Waals surface area contributed by atoms with Crippen molar-refractivity contribution < 1.29 is 0 Å². The zero-order valence-electron chi connectivity index (χ0n) is 13.3. The average Bonchev–Trinajstić information content (AvgIpc) is 2.51. The smallest absolute Gasteiger partial charge is 0.0328 e. The molecule has 1 nitrogen and oxygen atoms in total. The van der Waals surface area contributed by atoms with Crippen LogP contribution in [0.2, 0.25) is 0 Å². The van der Waals surface area contributed by atoms with Crippen LogP contribution in [0.15, 0.2) is 54.6 Å². The second-order valence-electron chi connectivity index (χ2n) is 6.86. The molecule has 0 spiro atoms. The minimum absolute atomic E-state index is 0.296. The van der Waals surface area contributed by atoms with E-state index in [1.807, 2.05) is 0 Å². The highest BCUT2D eigenvalue weighted by Gasteiger charge is 2.32. The second kappa shape index (κ2) is 5.65. The van der Waals surface area contributed by atoms with E-state index in [2.05, 4.69) is 80.7 Å². The Hall–Kier alpha value is -1.60. The molecule has 21 heavy (non-hydrogen) atoms. The first kappa shape index (κ1) is 14.3. The summed E-state index contributed by atoms with van der Waals surface area (Å²) in [5.41, 5.74) is 4.65. The lowest BCUT2D eigenvalue weighted by molar-refractivity contribution is 0.340. The first-order valence-electron chi connectivity index (χ1n) is 7.98. The lowest BCUT2D eigenvalue weighted by Crippen LogP contribution is -2.33. The van der Waals surface area contributed by atoms with Crippen molar-refractivity contribution in [3.8, 4) is 0 Å². The summed E-state index contributed by atoms with van der Waals surface area (Å²) in [5.74, 6) is 0. The van der Waals surface area contributed by atoms with Crippen LogP contribution in [0.25, 0.3) is 0 Å². The van der Waals surface area contributed by atoms with Gasteiger partial charge in [-0.1, -0.05) is 68.4 Å². The van der Waals surface area contributed by atoms with Crippen LogP contribution in [0.5, 0.6) is 0 Å². The van der Waals surface area contributed by atoms with Gasteiger partial charge in [-0.25, -0.2) is 0 Å². The maximum atomic E-state index is 3.83. The number of nitrogens with one attached hydrogen (secondary N) is 1. The molecule has 1 aliphatic carbocycles. The van der Waals surface area contributed by atoms with Crippen LogP contribution >= 0.6 is 0 Å². The van der Waals surface area contributed by atoms with Gasteiger partial charge in [-0.15, -0.1) is 0 Å². The Morgan fingerprint density at radius 1 is 1.00 bits per heavy atom. The summed E-state index contributed by atoms with van der Waals surface area (Å²) in [5, 5.41) is 3.83. The predicted molar refractivity (Wildman–Crippen MR) is 89.4 cm³/mol. The molecule has 1 unspecified atom stereocenters. The molecule has 110 valence electrons. The van der Waals surface area contributed by atoms with Gasteiger partial charge in [0.15, 0.2) is 0 Å². The molecular formula is C20H25N. The zero-order valence-corrected chi connectivity index (χ0v) is 13.3. The van der Waals surface area contributed by atoms with Gasteiger partial charge in [0.1, 0.15) is 0 Å². The van der Waals surface area contributed by atoms with E-state index in [0.29, 0.717) is 17.5 Å². The van der Waals surface area contributed by atoms with Gasteiger partial charge in [-0.3, -0.25) is 0 Å². The molecule has 1 N–H and O–H groups in total. The summed E-state index contributed by atoms with van der Waals surface area (Å²) < 4.78 is 0. The SMILES string of the molecule is C[C@@H](NC1CCC(C)(C)c2ccccc21)c1ccccc1. The quantitative estimate of drug-likeness (QED) is 0.819. The molecule has 0 fully saturated rings. The van der Waals surface area contributed by atoms with Gasteiger partial charge in [-0.05, 0) is 41.9 Å². The van der Waals surface area contributed by atoms with Gasteiger partial charge in [-0.2, -0.15) is 0 Å². The summed E-state index contributed by atoms with van der Waals surface area (Å²) in [6, 6.07) is 20.5. The fourth-order valence-corrected chi connectivity index (χ4v) is 3.53. The maximum Gasteiger partial charge on any atom is 0.0328 e. The van der Waals surface area contributed by atoms with E-state index in [9.17, 15) is 0 Å². The third kappa shape index (κ3) is 2.89. The topological polar surface area (TPSA) is 12.0 Å².